The number of alkyl halides is 2. The summed E-state index contributed by atoms with van der Waals surface area (Å²) in [7, 11) is 0. The molecule has 0 aromatic heterocycles. The van der Waals surface area contributed by atoms with Crippen LogP contribution in [0.4, 0.5) is 8.78 Å². The zero-order valence-corrected chi connectivity index (χ0v) is 15.7. The number of carbonyl (C=O) groups is 1. The number of benzene rings is 2. The highest BCUT2D eigenvalue weighted by Gasteiger charge is 2.25. The van der Waals surface area contributed by atoms with Crippen molar-refractivity contribution >= 4 is 5.91 Å². The molecular weight excluding hydrogens is 350 g/mol. The normalized spacial score (nSPS) is 12.2. The lowest BCUT2D eigenvalue weighted by molar-refractivity contribution is -0.126. The fourth-order valence-electron chi connectivity index (χ4n) is 3.02. The van der Waals surface area contributed by atoms with E-state index in [1.165, 1.54) is 12.1 Å². The molecule has 0 spiro atoms. The van der Waals surface area contributed by atoms with Crippen molar-refractivity contribution in [1.29, 1.82) is 0 Å². The van der Waals surface area contributed by atoms with Crippen molar-refractivity contribution in [2.24, 2.45) is 0 Å². The number of likely N-dealkylation sites (N-methyl/N-ethyl adjacent to an activating group) is 1. The lowest BCUT2D eigenvalue weighted by atomic mass is 10.0. The average molecular weight is 376 g/mol. The summed E-state index contributed by atoms with van der Waals surface area (Å²) in [6, 6.07) is 15.9. The molecule has 0 radical (unpaired) electrons. The van der Waals surface area contributed by atoms with E-state index >= 15 is 0 Å². The van der Waals surface area contributed by atoms with Crippen LogP contribution >= 0.6 is 0 Å². The third-order valence-electron chi connectivity index (χ3n) is 4.40. The first-order chi connectivity index (χ1) is 13.0. The number of rotatable bonds is 10. The second-order valence-corrected chi connectivity index (χ2v) is 6.10. The Labute approximate surface area is 159 Å². The van der Waals surface area contributed by atoms with Gasteiger partial charge in [0.25, 0.3) is 0 Å². The summed E-state index contributed by atoms with van der Waals surface area (Å²) in [4.78, 5) is 14.9. The first-order valence-corrected chi connectivity index (χ1v) is 9.15. The molecule has 0 fully saturated rings. The molecule has 6 heteroatoms. The van der Waals surface area contributed by atoms with Gasteiger partial charge in [-0.1, -0.05) is 56.3 Å². The van der Waals surface area contributed by atoms with Crippen molar-refractivity contribution in [3.05, 3.63) is 65.7 Å². The minimum atomic E-state index is -2.83. The number of hydrogen-bond acceptors (Lipinski definition) is 3. The molecule has 0 heterocycles. The molecule has 27 heavy (non-hydrogen) atoms. The molecule has 2 aromatic carbocycles. The van der Waals surface area contributed by atoms with Gasteiger partial charge < -0.3 is 10.1 Å². The van der Waals surface area contributed by atoms with Crippen molar-refractivity contribution in [1.82, 2.24) is 10.2 Å². The molecule has 2 aromatic rings. The third kappa shape index (κ3) is 6.32. The van der Waals surface area contributed by atoms with Crippen LogP contribution in [0.5, 0.6) is 5.75 Å². The van der Waals surface area contributed by atoms with Crippen molar-refractivity contribution < 1.29 is 18.3 Å². The lowest BCUT2D eigenvalue weighted by Gasteiger charge is -2.29. The van der Waals surface area contributed by atoms with Gasteiger partial charge in [0, 0.05) is 6.54 Å². The number of ether oxygens (including phenoxy) is 1. The van der Waals surface area contributed by atoms with Gasteiger partial charge in [-0.05, 0) is 42.8 Å². The molecule has 0 bridgehead atoms. The van der Waals surface area contributed by atoms with Gasteiger partial charge in [-0.15, -0.1) is 0 Å². The van der Waals surface area contributed by atoms with E-state index in [0.717, 1.165) is 24.2 Å². The van der Waals surface area contributed by atoms with Crippen LogP contribution in [0.1, 0.15) is 31.0 Å². The molecule has 1 N–H and O–H groups in total. The van der Waals surface area contributed by atoms with E-state index < -0.39 is 6.61 Å². The van der Waals surface area contributed by atoms with E-state index in [0.29, 0.717) is 13.0 Å². The van der Waals surface area contributed by atoms with E-state index in [1.54, 1.807) is 12.1 Å². The fourth-order valence-corrected chi connectivity index (χ4v) is 3.02. The lowest BCUT2D eigenvalue weighted by Crippen LogP contribution is -2.41. The molecule has 4 nitrogen and oxygen atoms in total. The van der Waals surface area contributed by atoms with Crippen molar-refractivity contribution in [3.8, 4) is 5.75 Å². The highest BCUT2D eigenvalue weighted by Crippen LogP contribution is 2.20. The van der Waals surface area contributed by atoms with Crippen molar-refractivity contribution in [2.75, 3.05) is 19.6 Å². The number of halogens is 2. The van der Waals surface area contributed by atoms with Crippen molar-refractivity contribution in [3.63, 3.8) is 0 Å². The summed E-state index contributed by atoms with van der Waals surface area (Å²) in [6.07, 6.45) is 0.612. The molecule has 0 aliphatic rings. The number of nitrogens with one attached hydrogen (secondary N) is 1. The monoisotopic (exact) mass is 376 g/mol. The van der Waals surface area contributed by atoms with E-state index in [-0.39, 0.29) is 17.7 Å². The van der Waals surface area contributed by atoms with Gasteiger partial charge in [0.1, 0.15) is 11.8 Å². The van der Waals surface area contributed by atoms with Gasteiger partial charge in [0.2, 0.25) is 5.91 Å². The predicted octanol–water partition coefficient (Wildman–Crippen LogP) is 4.03. The quantitative estimate of drug-likeness (QED) is 0.681. The van der Waals surface area contributed by atoms with Crippen LogP contribution in [-0.4, -0.2) is 37.1 Å². The van der Waals surface area contributed by atoms with Crippen LogP contribution in [-0.2, 0) is 11.2 Å². The standard InChI is InChI=1S/C21H26F2N2O2/c1-3-25(4-2)19(17-8-6-5-7-9-17)20(26)24-15-14-16-10-12-18(13-11-16)27-21(22)23/h5-13,19,21H,3-4,14-15H2,1-2H3,(H,24,26). The summed E-state index contributed by atoms with van der Waals surface area (Å²) in [5, 5.41) is 2.99. The van der Waals surface area contributed by atoms with Crippen LogP contribution in [0.2, 0.25) is 0 Å². The van der Waals surface area contributed by atoms with Gasteiger partial charge in [-0.25, -0.2) is 0 Å². The number of carbonyl (C=O) groups excluding carboxylic acids is 1. The molecule has 0 aliphatic heterocycles. The van der Waals surface area contributed by atoms with Crippen LogP contribution in [0.15, 0.2) is 54.6 Å². The molecule has 0 saturated carbocycles. The summed E-state index contributed by atoms with van der Waals surface area (Å²) in [5.41, 5.74) is 1.91. The Hall–Kier alpha value is -2.47. The average Bonchev–Trinajstić information content (AvgIpc) is 2.67. The molecular formula is C21H26F2N2O2. The minimum absolute atomic E-state index is 0.0393. The van der Waals surface area contributed by atoms with Crippen LogP contribution in [0, 0.1) is 0 Å². The summed E-state index contributed by atoms with van der Waals surface area (Å²) < 4.78 is 28.7. The Kier molecular flexibility index (Phi) is 8.20. The fraction of sp³-hybridized carbons (Fsp3) is 0.381. The summed E-state index contributed by atoms with van der Waals surface area (Å²) >= 11 is 0. The summed E-state index contributed by atoms with van der Waals surface area (Å²) in [6.45, 7) is 3.26. The smallest absolute Gasteiger partial charge is 0.387 e. The molecule has 1 atom stereocenters. The molecule has 0 saturated heterocycles. The van der Waals surface area contributed by atoms with Gasteiger partial charge >= 0.3 is 6.61 Å². The Balaban J connectivity index is 1.95. The maximum atomic E-state index is 12.8. The topological polar surface area (TPSA) is 41.6 Å². The van der Waals surface area contributed by atoms with Gasteiger partial charge in [-0.3, -0.25) is 9.69 Å². The Bertz CT molecular complexity index is 689. The summed E-state index contributed by atoms with van der Waals surface area (Å²) in [5.74, 6) is 0.0889. The Morgan fingerprint density at radius 1 is 1.04 bits per heavy atom. The number of nitrogens with zero attached hydrogens (tertiary/aromatic N) is 1. The van der Waals surface area contributed by atoms with Gasteiger partial charge in [-0.2, -0.15) is 8.78 Å². The molecule has 2 rings (SSSR count). The third-order valence-corrected chi connectivity index (χ3v) is 4.40. The second-order valence-electron chi connectivity index (χ2n) is 6.10. The molecule has 1 amide bonds. The second kappa shape index (κ2) is 10.6. The van der Waals surface area contributed by atoms with Crippen molar-refractivity contribution in [2.45, 2.75) is 32.9 Å². The van der Waals surface area contributed by atoms with Crippen LogP contribution in [0.25, 0.3) is 0 Å². The predicted molar refractivity (Wildman–Crippen MR) is 102 cm³/mol. The van der Waals surface area contributed by atoms with E-state index in [2.05, 4.69) is 15.0 Å². The zero-order valence-electron chi connectivity index (χ0n) is 15.7. The zero-order chi connectivity index (χ0) is 19.6. The Morgan fingerprint density at radius 2 is 1.67 bits per heavy atom. The molecule has 1 unspecified atom stereocenters. The maximum absolute atomic E-state index is 12.8. The molecule has 146 valence electrons. The first kappa shape index (κ1) is 20.8. The number of hydrogen-bond donors (Lipinski definition) is 1. The largest absolute Gasteiger partial charge is 0.435 e. The molecule has 0 aliphatic carbocycles. The minimum Gasteiger partial charge on any atom is -0.435 e. The highest BCUT2D eigenvalue weighted by atomic mass is 19.3. The maximum Gasteiger partial charge on any atom is 0.387 e. The van der Waals surface area contributed by atoms with E-state index in [1.807, 2.05) is 44.2 Å². The first-order valence-electron chi connectivity index (χ1n) is 9.15. The highest BCUT2D eigenvalue weighted by molar-refractivity contribution is 5.83. The SMILES string of the molecule is CCN(CC)C(C(=O)NCCc1ccc(OC(F)F)cc1)c1ccccc1. The number of amides is 1. The van der Waals surface area contributed by atoms with E-state index in [4.69, 9.17) is 0 Å². The Morgan fingerprint density at radius 3 is 2.22 bits per heavy atom. The van der Waals surface area contributed by atoms with Crippen LogP contribution < -0.4 is 10.1 Å². The van der Waals surface area contributed by atoms with E-state index in [9.17, 15) is 13.6 Å². The van der Waals surface area contributed by atoms with Gasteiger partial charge in [0.05, 0.1) is 0 Å². The van der Waals surface area contributed by atoms with Gasteiger partial charge in [0.15, 0.2) is 0 Å². The van der Waals surface area contributed by atoms with Crippen LogP contribution in [0.3, 0.4) is 0 Å².